The zero-order valence-corrected chi connectivity index (χ0v) is 23.3. The number of benzene rings is 4. The van der Waals surface area contributed by atoms with Crippen LogP contribution in [0, 0.1) is 0 Å². The molecule has 4 rings (SSSR count). The predicted octanol–water partition coefficient (Wildman–Crippen LogP) is 7.66. The number of para-hydroxylation sites is 2. The van der Waals surface area contributed by atoms with Crippen molar-refractivity contribution in [2.75, 3.05) is 25.5 Å². The van der Waals surface area contributed by atoms with E-state index < -0.39 is 5.91 Å². The number of carbonyl (C=O) groups is 2. The highest BCUT2D eigenvalue weighted by molar-refractivity contribution is 6.12. The Kier molecular flexibility index (Phi) is 9.11. The highest BCUT2D eigenvalue weighted by atomic mass is 16.5. The maximum atomic E-state index is 13.4. The Morgan fingerprint density at radius 1 is 0.950 bits per heavy atom. The minimum absolute atomic E-state index is 0.0554. The van der Waals surface area contributed by atoms with E-state index in [0.717, 1.165) is 17.4 Å². The second kappa shape index (κ2) is 12.9. The molecule has 0 unspecified atom stereocenters. The first kappa shape index (κ1) is 28.3. The molecule has 0 saturated heterocycles. The van der Waals surface area contributed by atoms with Gasteiger partial charge in [-0.1, -0.05) is 56.3 Å². The number of phenols is 1. The third-order valence-electron chi connectivity index (χ3n) is 6.55. The average molecular weight is 539 g/mol. The summed E-state index contributed by atoms with van der Waals surface area (Å²) < 4.78 is 5.62. The van der Waals surface area contributed by atoms with Gasteiger partial charge in [-0.05, 0) is 61.0 Å². The van der Waals surface area contributed by atoms with Crippen LogP contribution in [-0.4, -0.2) is 42.0 Å². The Labute approximate surface area is 234 Å². The van der Waals surface area contributed by atoms with E-state index in [-0.39, 0.29) is 22.9 Å². The van der Waals surface area contributed by atoms with E-state index >= 15 is 0 Å². The van der Waals surface area contributed by atoms with Gasteiger partial charge in [0.15, 0.2) is 5.75 Å². The van der Waals surface area contributed by atoms with Crippen LogP contribution in [0.3, 0.4) is 0 Å². The first-order valence-corrected chi connectivity index (χ1v) is 13.5. The molecule has 0 heterocycles. The molecular formula is C32H34N4O4. The summed E-state index contributed by atoms with van der Waals surface area (Å²) in [6.07, 6.45) is 1.54. The van der Waals surface area contributed by atoms with Crippen LogP contribution in [0.1, 0.15) is 53.5 Å². The van der Waals surface area contributed by atoms with Crippen molar-refractivity contribution >= 4 is 39.6 Å². The molecule has 8 heteroatoms. The number of nitrogens with zero attached hydrogens (tertiary/aromatic N) is 3. The van der Waals surface area contributed by atoms with Gasteiger partial charge in [0, 0.05) is 24.5 Å². The summed E-state index contributed by atoms with van der Waals surface area (Å²) >= 11 is 0. The van der Waals surface area contributed by atoms with Gasteiger partial charge >= 0.3 is 0 Å². The molecule has 2 N–H and O–H groups in total. The first-order valence-electron chi connectivity index (χ1n) is 13.5. The Hall–Kier alpha value is -4.72. The van der Waals surface area contributed by atoms with Crippen LogP contribution in [0.5, 0.6) is 11.5 Å². The van der Waals surface area contributed by atoms with E-state index in [2.05, 4.69) is 15.5 Å². The lowest BCUT2D eigenvalue weighted by Gasteiger charge is -2.16. The number of nitrogens with one attached hydrogen (secondary N) is 1. The summed E-state index contributed by atoms with van der Waals surface area (Å²) in [4.78, 5) is 27.9. The molecule has 4 aromatic rings. The number of amides is 2. The number of azo groups is 1. The molecule has 0 aliphatic rings. The minimum Gasteiger partial charge on any atom is -0.505 e. The van der Waals surface area contributed by atoms with E-state index in [0.29, 0.717) is 47.6 Å². The van der Waals surface area contributed by atoms with Crippen molar-refractivity contribution in [3.63, 3.8) is 0 Å². The van der Waals surface area contributed by atoms with Gasteiger partial charge in [0.25, 0.3) is 11.8 Å². The van der Waals surface area contributed by atoms with Crippen LogP contribution in [0.25, 0.3) is 10.8 Å². The number of hydrogen-bond donors (Lipinski definition) is 2. The van der Waals surface area contributed by atoms with Crippen molar-refractivity contribution in [3.8, 4) is 11.5 Å². The standard InChI is InChI=1S/C32H34N4O4/c1-5-18-36(4)32(39)23-17-16-21(6-2)27(20-23)34-35-29-24-13-9-8-12-22(24)19-25(30(29)37)31(38)33-26-14-10-11-15-28(26)40-7-3/h8-17,19-20,37H,5-7,18H2,1-4H3,(H,33,38). The molecule has 2 amide bonds. The van der Waals surface area contributed by atoms with Crippen molar-refractivity contribution in [2.24, 2.45) is 10.2 Å². The van der Waals surface area contributed by atoms with Crippen molar-refractivity contribution in [2.45, 2.75) is 33.6 Å². The summed E-state index contributed by atoms with van der Waals surface area (Å²) in [6, 6.07) is 21.5. The monoisotopic (exact) mass is 538 g/mol. The summed E-state index contributed by atoms with van der Waals surface area (Å²) in [7, 11) is 1.77. The molecule has 0 spiro atoms. The molecular weight excluding hydrogens is 504 g/mol. The molecule has 0 bridgehead atoms. The SMILES string of the molecule is CCCN(C)C(=O)c1ccc(CC)c(N=Nc2c(O)c(C(=O)Nc3ccccc3OCC)cc3ccccc23)c1. The number of fused-ring (bicyclic) bond motifs is 1. The first-order chi connectivity index (χ1) is 19.4. The van der Waals surface area contributed by atoms with Gasteiger partial charge in [0.05, 0.1) is 23.5 Å². The second-order valence-corrected chi connectivity index (χ2v) is 9.35. The summed E-state index contributed by atoms with van der Waals surface area (Å²) in [5.41, 5.74) is 2.67. The Balaban J connectivity index is 1.75. The van der Waals surface area contributed by atoms with Gasteiger partial charge < -0.3 is 20.1 Å². The molecule has 206 valence electrons. The van der Waals surface area contributed by atoms with Crippen molar-refractivity contribution in [3.05, 3.63) is 89.5 Å². The van der Waals surface area contributed by atoms with E-state index in [9.17, 15) is 14.7 Å². The van der Waals surface area contributed by atoms with Gasteiger partial charge in [-0.3, -0.25) is 9.59 Å². The topological polar surface area (TPSA) is 104 Å². The highest BCUT2D eigenvalue weighted by Crippen LogP contribution is 2.40. The Morgan fingerprint density at radius 2 is 1.70 bits per heavy atom. The smallest absolute Gasteiger partial charge is 0.259 e. The summed E-state index contributed by atoms with van der Waals surface area (Å²) in [5.74, 6) is -0.362. The van der Waals surface area contributed by atoms with E-state index in [1.807, 2.05) is 57.2 Å². The fourth-order valence-corrected chi connectivity index (χ4v) is 4.48. The second-order valence-electron chi connectivity index (χ2n) is 9.35. The van der Waals surface area contributed by atoms with E-state index in [1.54, 1.807) is 48.3 Å². The molecule has 0 aromatic heterocycles. The number of aryl methyl sites for hydroxylation is 1. The summed E-state index contributed by atoms with van der Waals surface area (Å²) in [6.45, 7) is 6.97. The van der Waals surface area contributed by atoms with Gasteiger partial charge in [-0.25, -0.2) is 0 Å². The molecule has 0 saturated carbocycles. The number of aromatic hydroxyl groups is 1. The zero-order valence-electron chi connectivity index (χ0n) is 23.3. The Morgan fingerprint density at radius 3 is 2.45 bits per heavy atom. The number of hydrogen-bond acceptors (Lipinski definition) is 6. The Bertz CT molecular complexity index is 1560. The van der Waals surface area contributed by atoms with Gasteiger partial charge in [0.2, 0.25) is 0 Å². The normalized spacial score (nSPS) is 11.1. The molecule has 0 aliphatic carbocycles. The van der Waals surface area contributed by atoms with Crippen LogP contribution in [0.4, 0.5) is 17.1 Å². The highest BCUT2D eigenvalue weighted by Gasteiger charge is 2.20. The average Bonchev–Trinajstić information content (AvgIpc) is 2.97. The predicted molar refractivity (Wildman–Crippen MR) is 158 cm³/mol. The molecule has 40 heavy (non-hydrogen) atoms. The third-order valence-corrected chi connectivity index (χ3v) is 6.55. The van der Waals surface area contributed by atoms with E-state index in [1.165, 1.54) is 0 Å². The van der Waals surface area contributed by atoms with Crippen LogP contribution in [0.15, 0.2) is 83.0 Å². The van der Waals surface area contributed by atoms with Gasteiger partial charge in [-0.15, -0.1) is 5.11 Å². The van der Waals surface area contributed by atoms with Crippen molar-refractivity contribution in [1.82, 2.24) is 4.90 Å². The fraction of sp³-hybridized carbons (Fsp3) is 0.250. The largest absolute Gasteiger partial charge is 0.505 e. The fourth-order valence-electron chi connectivity index (χ4n) is 4.48. The lowest BCUT2D eigenvalue weighted by Crippen LogP contribution is -2.27. The van der Waals surface area contributed by atoms with E-state index in [4.69, 9.17) is 4.74 Å². The number of ether oxygens (including phenoxy) is 1. The molecule has 0 atom stereocenters. The van der Waals surface area contributed by atoms with Crippen molar-refractivity contribution in [1.29, 1.82) is 0 Å². The maximum absolute atomic E-state index is 13.4. The lowest BCUT2D eigenvalue weighted by atomic mass is 10.0. The van der Waals surface area contributed by atoms with Gasteiger partial charge in [0.1, 0.15) is 11.4 Å². The molecule has 4 aromatic carbocycles. The summed E-state index contributed by atoms with van der Waals surface area (Å²) in [5, 5.41) is 24.4. The third kappa shape index (κ3) is 6.12. The van der Waals surface area contributed by atoms with Gasteiger partial charge in [-0.2, -0.15) is 5.11 Å². The molecule has 0 radical (unpaired) electrons. The van der Waals surface area contributed by atoms with Crippen LogP contribution in [0.2, 0.25) is 0 Å². The number of rotatable bonds is 10. The molecule has 8 nitrogen and oxygen atoms in total. The minimum atomic E-state index is -0.507. The van der Waals surface area contributed by atoms with Crippen LogP contribution < -0.4 is 10.1 Å². The number of anilines is 1. The number of phenolic OH excluding ortho intramolecular Hbond substituents is 1. The number of carbonyl (C=O) groups excluding carboxylic acids is 2. The lowest BCUT2D eigenvalue weighted by molar-refractivity contribution is 0.0795. The molecule has 0 fully saturated rings. The zero-order chi connectivity index (χ0) is 28.6. The quantitative estimate of drug-likeness (QED) is 0.202. The van der Waals surface area contributed by atoms with Crippen molar-refractivity contribution < 1.29 is 19.4 Å². The van der Waals surface area contributed by atoms with Crippen LogP contribution >= 0.6 is 0 Å². The van der Waals surface area contributed by atoms with Crippen LogP contribution in [-0.2, 0) is 6.42 Å². The molecule has 0 aliphatic heterocycles. The maximum Gasteiger partial charge on any atom is 0.259 e.